The van der Waals surface area contributed by atoms with E-state index >= 15 is 0 Å². The minimum absolute atomic E-state index is 0.0828. The van der Waals surface area contributed by atoms with Crippen molar-refractivity contribution in [3.8, 4) is 5.75 Å². The third-order valence-electron chi connectivity index (χ3n) is 12.9. The summed E-state index contributed by atoms with van der Waals surface area (Å²) < 4.78 is 33.9. The number of fused-ring (bicyclic) bond motifs is 1. The Labute approximate surface area is 296 Å². The molecule has 3 unspecified atom stereocenters. The van der Waals surface area contributed by atoms with Gasteiger partial charge in [-0.05, 0) is 80.8 Å². The van der Waals surface area contributed by atoms with Gasteiger partial charge in [-0.1, -0.05) is 89.7 Å². The van der Waals surface area contributed by atoms with Crippen LogP contribution in [0.4, 0.5) is 0 Å². The molecule has 1 saturated heterocycles. The quantitative estimate of drug-likeness (QED) is 0.202. The molecule has 5 atom stereocenters. The van der Waals surface area contributed by atoms with E-state index < -0.39 is 22.0 Å². The van der Waals surface area contributed by atoms with E-state index in [1.807, 2.05) is 0 Å². The van der Waals surface area contributed by atoms with E-state index in [4.69, 9.17) is 4.74 Å². The van der Waals surface area contributed by atoms with Crippen LogP contribution in [0.25, 0.3) is 0 Å². The summed E-state index contributed by atoms with van der Waals surface area (Å²) in [7, 11) is -3.41. The molecule has 4 fully saturated rings. The second kappa shape index (κ2) is 16.8. The number of rotatable bonds is 12. The Bertz CT molecular complexity index is 1330. The van der Waals surface area contributed by atoms with Crippen molar-refractivity contribution in [1.29, 1.82) is 0 Å². The highest BCUT2D eigenvalue weighted by molar-refractivity contribution is 7.88. The van der Waals surface area contributed by atoms with Gasteiger partial charge in [-0.15, -0.1) is 0 Å². The predicted octanol–water partition coefficient (Wildman–Crippen LogP) is 7.05. The van der Waals surface area contributed by atoms with Gasteiger partial charge in [0.25, 0.3) is 0 Å². The van der Waals surface area contributed by atoms with Crippen molar-refractivity contribution < 1.29 is 23.1 Å². The summed E-state index contributed by atoms with van der Waals surface area (Å²) >= 11 is 0. The monoisotopic (exact) mass is 699 g/mol. The summed E-state index contributed by atoms with van der Waals surface area (Å²) in [6.45, 7) is 3.32. The zero-order valence-corrected chi connectivity index (χ0v) is 31.3. The maximum Gasteiger partial charge on any atom is 0.224 e. The van der Waals surface area contributed by atoms with E-state index in [9.17, 15) is 18.3 Å². The molecule has 3 aliphatic carbocycles. The number of amides is 1. The molecule has 276 valence electrons. The van der Waals surface area contributed by atoms with Crippen LogP contribution in [0.2, 0.25) is 0 Å². The van der Waals surface area contributed by atoms with E-state index in [-0.39, 0.29) is 36.1 Å². The molecule has 2 aliphatic heterocycles. The third kappa shape index (κ3) is 9.81. The van der Waals surface area contributed by atoms with Crippen LogP contribution in [0.1, 0.15) is 146 Å². The van der Waals surface area contributed by atoms with Gasteiger partial charge in [0.05, 0.1) is 24.3 Å². The molecule has 0 aromatic heterocycles. The van der Waals surface area contributed by atoms with Gasteiger partial charge in [-0.3, -0.25) is 4.79 Å². The second-order valence-electron chi connectivity index (χ2n) is 16.8. The number of piperidine rings is 1. The van der Waals surface area contributed by atoms with Crippen LogP contribution >= 0.6 is 0 Å². The Kier molecular flexibility index (Phi) is 12.7. The molecular formula is C40H65N3O5S. The number of carbonyl (C=O) groups excluding carboxylic acids is 1. The number of carbonyl (C=O) groups is 1. The number of benzene rings is 1. The van der Waals surface area contributed by atoms with Crippen molar-refractivity contribution in [2.24, 2.45) is 23.7 Å². The lowest BCUT2D eigenvalue weighted by molar-refractivity contribution is -0.128. The number of aliphatic hydroxyl groups is 1. The van der Waals surface area contributed by atoms with Gasteiger partial charge in [0.2, 0.25) is 15.9 Å². The Balaban J connectivity index is 1.16. The first-order valence-electron chi connectivity index (χ1n) is 20.1. The van der Waals surface area contributed by atoms with E-state index in [1.54, 1.807) is 4.31 Å². The number of aliphatic hydroxyl groups excluding tert-OH is 1. The minimum atomic E-state index is -3.41. The number of sulfonamides is 1. The Morgan fingerprint density at radius 1 is 0.959 bits per heavy atom. The van der Waals surface area contributed by atoms with Gasteiger partial charge in [0.15, 0.2) is 0 Å². The number of nitrogens with one attached hydrogen (secondary N) is 2. The van der Waals surface area contributed by atoms with Crippen LogP contribution < -0.4 is 15.4 Å². The number of hydrogen-bond acceptors (Lipinski definition) is 6. The van der Waals surface area contributed by atoms with Gasteiger partial charge in [-0.25, -0.2) is 12.7 Å². The van der Waals surface area contributed by atoms with Gasteiger partial charge >= 0.3 is 0 Å². The predicted molar refractivity (Wildman–Crippen MR) is 196 cm³/mol. The highest BCUT2D eigenvalue weighted by Gasteiger charge is 2.44. The van der Waals surface area contributed by atoms with E-state index in [0.29, 0.717) is 24.9 Å². The SMILES string of the molecule is CCc1ccc2c(c1)C(NC[C@@H](O)[C@H](CC1CCCCCC1)NC(=O)C1CC(CC3CCCCC3)CN(S(C)(=O)=O)C1)CC1(CCCC1)O2. The third-order valence-corrected chi connectivity index (χ3v) is 14.2. The maximum absolute atomic E-state index is 14.2. The molecule has 1 aromatic carbocycles. The molecule has 3 saturated carbocycles. The second-order valence-corrected chi connectivity index (χ2v) is 18.8. The smallest absolute Gasteiger partial charge is 0.224 e. The first-order chi connectivity index (χ1) is 23.6. The Morgan fingerprint density at radius 2 is 1.63 bits per heavy atom. The van der Waals surface area contributed by atoms with Crippen molar-refractivity contribution in [3.05, 3.63) is 29.3 Å². The summed E-state index contributed by atoms with van der Waals surface area (Å²) in [5.74, 6) is 1.78. The molecule has 1 aromatic rings. The molecule has 1 spiro atoms. The van der Waals surface area contributed by atoms with Gasteiger partial charge in [0.1, 0.15) is 11.4 Å². The van der Waals surface area contributed by atoms with E-state index in [1.165, 1.54) is 88.0 Å². The normalized spacial score (nSPS) is 28.3. The molecule has 49 heavy (non-hydrogen) atoms. The molecule has 5 aliphatic rings. The van der Waals surface area contributed by atoms with Crippen molar-refractivity contribution in [1.82, 2.24) is 14.9 Å². The molecule has 1 amide bonds. The standard InChI is InChI=1S/C40H65N3O5S/c1-3-29-17-18-38-34(23-29)36(25-40(48-38)19-11-12-20-40)41-26-37(44)35(24-31-15-7-4-5-8-16-31)42-39(45)33-22-32(21-30-13-9-6-10-14-30)27-43(28-33)49(2,46)47/h17-18,23,30-33,35-37,41,44H,3-16,19-22,24-28H2,1-2H3,(H,42,45)/t32?,33?,35-,36?,37+/m0/s1. The lowest BCUT2D eigenvalue weighted by atomic mass is 9.78. The fourth-order valence-corrected chi connectivity index (χ4v) is 11.0. The fraction of sp³-hybridized carbons (Fsp3) is 0.825. The van der Waals surface area contributed by atoms with Crippen molar-refractivity contribution in [2.75, 3.05) is 25.9 Å². The van der Waals surface area contributed by atoms with E-state index in [0.717, 1.165) is 63.5 Å². The lowest BCUT2D eigenvalue weighted by Gasteiger charge is -2.41. The zero-order valence-electron chi connectivity index (χ0n) is 30.5. The maximum atomic E-state index is 14.2. The molecule has 3 N–H and O–H groups in total. The average molecular weight is 700 g/mol. The molecule has 9 heteroatoms. The molecule has 8 nitrogen and oxygen atoms in total. The largest absolute Gasteiger partial charge is 0.487 e. The van der Waals surface area contributed by atoms with Crippen molar-refractivity contribution in [2.45, 2.75) is 159 Å². The van der Waals surface area contributed by atoms with Gasteiger partial charge in [0, 0.05) is 37.7 Å². The van der Waals surface area contributed by atoms with Crippen LogP contribution in [-0.4, -0.2) is 67.4 Å². The van der Waals surface area contributed by atoms with Crippen molar-refractivity contribution >= 4 is 15.9 Å². The molecule has 0 bridgehead atoms. The number of nitrogens with zero attached hydrogens (tertiary/aromatic N) is 1. The fourth-order valence-electron chi connectivity index (χ4n) is 10.1. The highest BCUT2D eigenvalue weighted by atomic mass is 32.2. The van der Waals surface area contributed by atoms with E-state index in [2.05, 4.69) is 35.8 Å². The lowest BCUT2D eigenvalue weighted by Crippen LogP contribution is -2.54. The van der Waals surface area contributed by atoms with Crippen LogP contribution in [-0.2, 0) is 21.2 Å². The average Bonchev–Trinajstić information content (AvgIpc) is 3.37. The number of ether oxygens (including phenoxy) is 1. The first kappa shape index (κ1) is 37.1. The topological polar surface area (TPSA) is 108 Å². The highest BCUT2D eigenvalue weighted by Crippen LogP contribution is 2.47. The first-order valence-corrected chi connectivity index (χ1v) is 21.9. The van der Waals surface area contributed by atoms with Crippen LogP contribution in [0.5, 0.6) is 5.75 Å². The van der Waals surface area contributed by atoms with Crippen LogP contribution in [0, 0.1) is 23.7 Å². The Morgan fingerprint density at radius 3 is 2.31 bits per heavy atom. The molecular weight excluding hydrogens is 635 g/mol. The zero-order chi connectivity index (χ0) is 34.4. The summed E-state index contributed by atoms with van der Waals surface area (Å²) in [4.78, 5) is 14.2. The molecule has 0 radical (unpaired) electrons. The van der Waals surface area contributed by atoms with Crippen LogP contribution in [0.15, 0.2) is 18.2 Å². The van der Waals surface area contributed by atoms with Gasteiger partial charge < -0.3 is 20.5 Å². The molecule has 6 rings (SSSR count). The van der Waals surface area contributed by atoms with Crippen LogP contribution in [0.3, 0.4) is 0 Å². The number of aryl methyl sites for hydroxylation is 1. The molecule has 2 heterocycles. The summed E-state index contributed by atoms with van der Waals surface area (Å²) in [6, 6.07) is 6.29. The minimum Gasteiger partial charge on any atom is -0.487 e. The summed E-state index contributed by atoms with van der Waals surface area (Å²) in [6.07, 6.45) is 22.8. The summed E-state index contributed by atoms with van der Waals surface area (Å²) in [5, 5.41) is 19.1. The summed E-state index contributed by atoms with van der Waals surface area (Å²) in [5.41, 5.74) is 2.33. The van der Waals surface area contributed by atoms with Gasteiger partial charge in [-0.2, -0.15) is 0 Å². The number of hydrogen-bond donors (Lipinski definition) is 3. The van der Waals surface area contributed by atoms with Crippen molar-refractivity contribution in [3.63, 3.8) is 0 Å². The Hall–Kier alpha value is -1.68.